The van der Waals surface area contributed by atoms with Gasteiger partial charge in [-0.1, -0.05) is 25.1 Å². The van der Waals surface area contributed by atoms with E-state index in [-0.39, 0.29) is 17.9 Å². The normalized spacial score (nSPS) is 14.3. The van der Waals surface area contributed by atoms with E-state index in [1.165, 1.54) is 0 Å². The third-order valence-electron chi connectivity index (χ3n) is 2.46. The molecule has 2 atom stereocenters. The van der Waals surface area contributed by atoms with Crippen LogP contribution in [0.1, 0.15) is 20.3 Å². The number of para-hydroxylation sites is 1. The molecule has 2 unspecified atom stereocenters. The van der Waals surface area contributed by atoms with Crippen molar-refractivity contribution in [2.24, 2.45) is 11.7 Å². The van der Waals surface area contributed by atoms with Crippen LogP contribution in [-0.2, 0) is 4.79 Å². The first-order valence-corrected chi connectivity index (χ1v) is 5.20. The fourth-order valence-corrected chi connectivity index (χ4v) is 1.21. The van der Waals surface area contributed by atoms with Crippen molar-refractivity contribution in [3.05, 3.63) is 30.3 Å². The molecule has 0 fully saturated rings. The summed E-state index contributed by atoms with van der Waals surface area (Å²) < 4.78 is 0. The van der Waals surface area contributed by atoms with E-state index in [2.05, 4.69) is 5.32 Å². The minimum atomic E-state index is 0.0194. The van der Waals surface area contributed by atoms with Gasteiger partial charge >= 0.3 is 0 Å². The molecule has 1 rings (SSSR count). The van der Waals surface area contributed by atoms with Gasteiger partial charge in [-0.25, -0.2) is 0 Å². The van der Waals surface area contributed by atoms with E-state index in [9.17, 15) is 4.79 Å². The fraction of sp³-hybridized carbons (Fsp3) is 0.417. The Labute approximate surface area is 90.7 Å². The number of carbonyl (C=O) groups excluding carboxylic acids is 1. The molecule has 0 heterocycles. The van der Waals surface area contributed by atoms with E-state index in [4.69, 9.17) is 5.73 Å². The minimum Gasteiger partial charge on any atom is -0.328 e. The molecule has 15 heavy (non-hydrogen) atoms. The second-order valence-corrected chi connectivity index (χ2v) is 3.95. The van der Waals surface area contributed by atoms with Crippen molar-refractivity contribution >= 4 is 11.6 Å². The molecule has 0 aliphatic heterocycles. The Morgan fingerprint density at radius 3 is 2.47 bits per heavy atom. The van der Waals surface area contributed by atoms with E-state index in [1.807, 2.05) is 44.2 Å². The summed E-state index contributed by atoms with van der Waals surface area (Å²) in [6.07, 6.45) is 0.465. The van der Waals surface area contributed by atoms with Crippen LogP contribution >= 0.6 is 0 Å². The van der Waals surface area contributed by atoms with Gasteiger partial charge in [-0.05, 0) is 25.0 Å². The van der Waals surface area contributed by atoms with Crippen LogP contribution in [0.4, 0.5) is 5.69 Å². The van der Waals surface area contributed by atoms with Crippen molar-refractivity contribution in [3.63, 3.8) is 0 Å². The maximum Gasteiger partial charge on any atom is 0.224 e. The lowest BCUT2D eigenvalue weighted by Crippen LogP contribution is -2.28. The molecule has 82 valence electrons. The summed E-state index contributed by atoms with van der Waals surface area (Å²) in [5, 5.41) is 2.83. The van der Waals surface area contributed by atoms with Crippen molar-refractivity contribution in [2.45, 2.75) is 26.3 Å². The van der Waals surface area contributed by atoms with Gasteiger partial charge in [-0.2, -0.15) is 0 Å². The van der Waals surface area contributed by atoms with Gasteiger partial charge in [-0.3, -0.25) is 4.79 Å². The van der Waals surface area contributed by atoms with Crippen LogP contribution in [0.3, 0.4) is 0 Å². The molecule has 0 bridgehead atoms. The quantitative estimate of drug-likeness (QED) is 0.791. The number of hydrogen-bond acceptors (Lipinski definition) is 2. The summed E-state index contributed by atoms with van der Waals surface area (Å²) in [4.78, 5) is 11.6. The van der Waals surface area contributed by atoms with Crippen LogP contribution < -0.4 is 11.1 Å². The Morgan fingerprint density at radius 2 is 1.93 bits per heavy atom. The van der Waals surface area contributed by atoms with Gasteiger partial charge < -0.3 is 11.1 Å². The van der Waals surface area contributed by atoms with Gasteiger partial charge in [0, 0.05) is 18.2 Å². The second kappa shape index (κ2) is 5.51. The van der Waals surface area contributed by atoms with Crippen LogP contribution in [0.25, 0.3) is 0 Å². The maximum atomic E-state index is 11.6. The predicted molar refractivity (Wildman–Crippen MR) is 62.5 cm³/mol. The van der Waals surface area contributed by atoms with Crippen LogP contribution in [-0.4, -0.2) is 11.9 Å². The highest BCUT2D eigenvalue weighted by atomic mass is 16.1. The Bertz CT molecular complexity index is 309. The Kier molecular flexibility index (Phi) is 4.31. The van der Waals surface area contributed by atoms with Gasteiger partial charge in [0.2, 0.25) is 5.91 Å². The summed E-state index contributed by atoms with van der Waals surface area (Å²) in [5.74, 6) is 0.222. The molecule has 0 aromatic heterocycles. The number of benzene rings is 1. The lowest BCUT2D eigenvalue weighted by Gasteiger charge is -2.14. The summed E-state index contributed by atoms with van der Waals surface area (Å²) in [6, 6.07) is 9.49. The molecule has 0 radical (unpaired) electrons. The largest absolute Gasteiger partial charge is 0.328 e. The number of carbonyl (C=O) groups is 1. The molecule has 3 nitrogen and oxygen atoms in total. The molecule has 1 aromatic rings. The third-order valence-corrected chi connectivity index (χ3v) is 2.46. The van der Waals surface area contributed by atoms with Gasteiger partial charge in [0.05, 0.1) is 0 Å². The van der Waals surface area contributed by atoms with Crippen molar-refractivity contribution in [1.82, 2.24) is 0 Å². The monoisotopic (exact) mass is 206 g/mol. The molecule has 0 saturated carbocycles. The number of hydrogen-bond donors (Lipinski definition) is 2. The molecule has 0 spiro atoms. The number of nitrogens with one attached hydrogen (secondary N) is 1. The molecule has 0 saturated heterocycles. The molecule has 0 aliphatic rings. The van der Waals surface area contributed by atoms with E-state index in [1.54, 1.807) is 0 Å². The average Bonchev–Trinajstić information content (AvgIpc) is 2.18. The van der Waals surface area contributed by atoms with E-state index in [0.717, 1.165) is 5.69 Å². The molecular weight excluding hydrogens is 188 g/mol. The van der Waals surface area contributed by atoms with Gasteiger partial charge in [0.15, 0.2) is 0 Å². The molecular formula is C12H18N2O. The van der Waals surface area contributed by atoms with E-state index in [0.29, 0.717) is 6.42 Å². The van der Waals surface area contributed by atoms with Crippen molar-refractivity contribution in [2.75, 3.05) is 5.32 Å². The predicted octanol–water partition coefficient (Wildman–Crippen LogP) is 2.00. The van der Waals surface area contributed by atoms with Crippen molar-refractivity contribution in [1.29, 1.82) is 0 Å². The molecule has 3 N–H and O–H groups in total. The van der Waals surface area contributed by atoms with Crippen LogP contribution in [0.15, 0.2) is 30.3 Å². The lowest BCUT2D eigenvalue weighted by atomic mass is 10.0. The zero-order valence-electron chi connectivity index (χ0n) is 9.23. The molecule has 1 aromatic carbocycles. The van der Waals surface area contributed by atoms with Crippen molar-refractivity contribution in [3.8, 4) is 0 Å². The van der Waals surface area contributed by atoms with E-state index >= 15 is 0 Å². The zero-order valence-corrected chi connectivity index (χ0v) is 9.23. The SMILES string of the molecule is CC(N)C(C)CC(=O)Nc1ccccc1. The molecule has 1 amide bonds. The van der Waals surface area contributed by atoms with Gasteiger partial charge in [0.1, 0.15) is 0 Å². The van der Waals surface area contributed by atoms with Crippen LogP contribution in [0.5, 0.6) is 0 Å². The highest BCUT2D eigenvalue weighted by Gasteiger charge is 2.12. The first-order chi connectivity index (χ1) is 7.09. The Morgan fingerprint density at radius 1 is 1.33 bits per heavy atom. The zero-order chi connectivity index (χ0) is 11.3. The first-order valence-electron chi connectivity index (χ1n) is 5.20. The molecule has 3 heteroatoms. The second-order valence-electron chi connectivity index (χ2n) is 3.95. The Balaban J connectivity index is 2.43. The number of nitrogens with two attached hydrogens (primary N) is 1. The molecule has 0 aliphatic carbocycles. The first kappa shape index (κ1) is 11.7. The minimum absolute atomic E-state index is 0.0194. The van der Waals surface area contributed by atoms with E-state index < -0.39 is 0 Å². The average molecular weight is 206 g/mol. The smallest absolute Gasteiger partial charge is 0.224 e. The van der Waals surface area contributed by atoms with Crippen molar-refractivity contribution < 1.29 is 4.79 Å². The summed E-state index contributed by atoms with van der Waals surface area (Å²) in [5.41, 5.74) is 6.53. The number of anilines is 1. The summed E-state index contributed by atoms with van der Waals surface area (Å²) >= 11 is 0. The third kappa shape index (κ3) is 4.13. The van der Waals surface area contributed by atoms with Crippen LogP contribution in [0.2, 0.25) is 0 Å². The highest BCUT2D eigenvalue weighted by molar-refractivity contribution is 5.90. The Hall–Kier alpha value is -1.35. The standard InChI is InChI=1S/C12H18N2O/c1-9(10(2)13)8-12(15)14-11-6-4-3-5-7-11/h3-7,9-10H,8,13H2,1-2H3,(H,14,15). The highest BCUT2D eigenvalue weighted by Crippen LogP contribution is 2.10. The number of rotatable bonds is 4. The fourth-order valence-electron chi connectivity index (χ4n) is 1.21. The maximum absolute atomic E-state index is 11.6. The van der Waals surface area contributed by atoms with Gasteiger partial charge in [-0.15, -0.1) is 0 Å². The topological polar surface area (TPSA) is 55.1 Å². The summed E-state index contributed by atoms with van der Waals surface area (Å²) in [7, 11) is 0. The lowest BCUT2D eigenvalue weighted by molar-refractivity contribution is -0.117. The summed E-state index contributed by atoms with van der Waals surface area (Å²) in [6.45, 7) is 3.90. The van der Waals surface area contributed by atoms with Gasteiger partial charge in [0.25, 0.3) is 0 Å². The van der Waals surface area contributed by atoms with Crippen LogP contribution in [0, 0.1) is 5.92 Å². The number of amides is 1.